The first-order chi connectivity index (χ1) is 9.51. The van der Waals surface area contributed by atoms with E-state index < -0.39 is 12.0 Å². The number of carbonyl (C=O) groups excluding carboxylic acids is 3. The monoisotopic (exact) mass is 276 g/mol. The summed E-state index contributed by atoms with van der Waals surface area (Å²) in [5.41, 5.74) is 1.57. The van der Waals surface area contributed by atoms with E-state index in [0.29, 0.717) is 24.1 Å². The molecule has 0 aliphatic carbocycles. The molecule has 1 atom stereocenters. The van der Waals surface area contributed by atoms with Crippen LogP contribution in [0.5, 0.6) is 0 Å². The van der Waals surface area contributed by atoms with Gasteiger partial charge in [-0.1, -0.05) is 11.6 Å². The van der Waals surface area contributed by atoms with Crippen molar-refractivity contribution in [2.24, 2.45) is 0 Å². The molecule has 2 N–H and O–H groups in total. The zero-order valence-electron chi connectivity index (χ0n) is 11.4. The number of methoxy groups -OCH3 is 1. The highest BCUT2D eigenvalue weighted by molar-refractivity contribution is 6.04. The summed E-state index contributed by atoms with van der Waals surface area (Å²) in [5.74, 6) is -0.980. The van der Waals surface area contributed by atoms with Gasteiger partial charge in [0.05, 0.1) is 18.4 Å². The van der Waals surface area contributed by atoms with Gasteiger partial charge in [0, 0.05) is 6.42 Å². The Balaban J connectivity index is 2.18. The smallest absolute Gasteiger partial charge is 0.339 e. The summed E-state index contributed by atoms with van der Waals surface area (Å²) in [6, 6.07) is 4.54. The number of ether oxygens (including phenoxy) is 1. The van der Waals surface area contributed by atoms with Gasteiger partial charge >= 0.3 is 5.97 Å². The normalized spacial score (nSPS) is 17.5. The van der Waals surface area contributed by atoms with E-state index in [9.17, 15) is 14.4 Å². The molecule has 1 aliphatic rings. The van der Waals surface area contributed by atoms with E-state index in [1.807, 2.05) is 6.92 Å². The molecular formula is C14H16N2O4. The van der Waals surface area contributed by atoms with Crippen LogP contribution in [0.15, 0.2) is 18.2 Å². The van der Waals surface area contributed by atoms with Gasteiger partial charge in [0.1, 0.15) is 6.04 Å². The Morgan fingerprint density at radius 1 is 1.40 bits per heavy atom. The number of carbonyl (C=O) groups is 3. The predicted octanol–water partition coefficient (Wildman–Crippen LogP) is 0.999. The molecule has 2 amide bonds. The Labute approximate surface area is 116 Å². The average molecular weight is 276 g/mol. The molecule has 0 radical (unpaired) electrons. The Kier molecular flexibility index (Phi) is 4.02. The fraction of sp³-hybridized carbons (Fsp3) is 0.357. The summed E-state index contributed by atoms with van der Waals surface area (Å²) < 4.78 is 4.70. The van der Waals surface area contributed by atoms with Crippen molar-refractivity contribution >= 4 is 23.5 Å². The number of hydrogen-bond donors (Lipinski definition) is 2. The van der Waals surface area contributed by atoms with E-state index in [4.69, 9.17) is 4.74 Å². The van der Waals surface area contributed by atoms with Crippen LogP contribution in [0.4, 0.5) is 5.69 Å². The van der Waals surface area contributed by atoms with Gasteiger partial charge in [0.25, 0.3) is 0 Å². The lowest BCUT2D eigenvalue weighted by Crippen LogP contribution is -2.37. The second kappa shape index (κ2) is 5.73. The summed E-state index contributed by atoms with van der Waals surface area (Å²) in [7, 11) is 1.29. The molecule has 0 aromatic heterocycles. The van der Waals surface area contributed by atoms with E-state index in [0.717, 1.165) is 5.56 Å². The highest BCUT2D eigenvalue weighted by atomic mass is 16.5. The minimum atomic E-state index is -0.547. The van der Waals surface area contributed by atoms with Crippen LogP contribution in [0, 0.1) is 6.92 Å². The molecule has 1 unspecified atom stereocenters. The van der Waals surface area contributed by atoms with Gasteiger partial charge < -0.3 is 15.4 Å². The highest BCUT2D eigenvalue weighted by Gasteiger charge is 2.28. The van der Waals surface area contributed by atoms with Crippen molar-refractivity contribution in [3.63, 3.8) is 0 Å². The largest absolute Gasteiger partial charge is 0.465 e. The lowest BCUT2D eigenvalue weighted by Gasteiger charge is -2.14. The van der Waals surface area contributed by atoms with Crippen LogP contribution in [0.2, 0.25) is 0 Å². The number of benzene rings is 1. The number of nitrogens with one attached hydrogen (secondary N) is 2. The van der Waals surface area contributed by atoms with Crippen LogP contribution in [-0.4, -0.2) is 30.9 Å². The van der Waals surface area contributed by atoms with Crippen molar-refractivity contribution in [3.05, 3.63) is 29.3 Å². The molecule has 2 rings (SSSR count). The van der Waals surface area contributed by atoms with Gasteiger partial charge in [-0.05, 0) is 25.5 Å². The molecule has 1 heterocycles. The van der Waals surface area contributed by atoms with Gasteiger partial charge in [-0.2, -0.15) is 0 Å². The van der Waals surface area contributed by atoms with Crippen molar-refractivity contribution in [3.8, 4) is 0 Å². The van der Waals surface area contributed by atoms with E-state index in [2.05, 4.69) is 10.6 Å². The quantitative estimate of drug-likeness (QED) is 0.807. The second-order valence-electron chi connectivity index (χ2n) is 4.69. The topological polar surface area (TPSA) is 84.5 Å². The number of aryl methyl sites for hydroxylation is 1. The first-order valence-electron chi connectivity index (χ1n) is 6.30. The molecule has 1 aromatic rings. The lowest BCUT2D eigenvalue weighted by atomic mass is 10.1. The Morgan fingerprint density at radius 2 is 2.15 bits per heavy atom. The van der Waals surface area contributed by atoms with Crippen LogP contribution in [-0.2, 0) is 14.3 Å². The molecule has 6 heteroatoms. The van der Waals surface area contributed by atoms with Crippen LogP contribution in [0.25, 0.3) is 0 Å². The number of amides is 2. The molecule has 1 aromatic carbocycles. The van der Waals surface area contributed by atoms with E-state index in [-0.39, 0.29) is 11.8 Å². The predicted molar refractivity (Wildman–Crippen MR) is 72.3 cm³/mol. The van der Waals surface area contributed by atoms with Crippen molar-refractivity contribution in [2.75, 3.05) is 12.4 Å². The van der Waals surface area contributed by atoms with E-state index in [1.54, 1.807) is 18.2 Å². The molecule has 0 spiro atoms. The van der Waals surface area contributed by atoms with Crippen LogP contribution in [0.3, 0.4) is 0 Å². The third-order valence-corrected chi connectivity index (χ3v) is 3.15. The second-order valence-corrected chi connectivity index (χ2v) is 4.69. The standard InChI is InChI=1S/C14H16N2O4/c1-8-3-4-10(9(7-8)14(19)20-2)16-13(18)11-5-6-12(17)15-11/h3-4,7,11H,5-6H2,1-2H3,(H,15,17)(H,16,18). The molecule has 6 nitrogen and oxygen atoms in total. The summed E-state index contributed by atoms with van der Waals surface area (Å²) in [6.45, 7) is 1.84. The van der Waals surface area contributed by atoms with E-state index in [1.165, 1.54) is 7.11 Å². The molecule has 1 fully saturated rings. The maximum Gasteiger partial charge on any atom is 0.339 e. The molecule has 0 bridgehead atoms. The highest BCUT2D eigenvalue weighted by Crippen LogP contribution is 2.19. The molecule has 1 aliphatic heterocycles. The van der Waals surface area contributed by atoms with Crippen molar-refractivity contribution in [1.29, 1.82) is 0 Å². The van der Waals surface area contributed by atoms with Crippen LogP contribution >= 0.6 is 0 Å². The number of hydrogen-bond acceptors (Lipinski definition) is 4. The van der Waals surface area contributed by atoms with Gasteiger partial charge in [-0.15, -0.1) is 0 Å². The fourth-order valence-electron chi connectivity index (χ4n) is 2.08. The molecule has 1 saturated heterocycles. The Bertz CT molecular complexity index is 568. The molecule has 0 saturated carbocycles. The number of anilines is 1. The summed E-state index contributed by atoms with van der Waals surface area (Å²) >= 11 is 0. The van der Waals surface area contributed by atoms with Crippen molar-refractivity contribution in [2.45, 2.75) is 25.8 Å². The third-order valence-electron chi connectivity index (χ3n) is 3.15. The fourth-order valence-corrected chi connectivity index (χ4v) is 2.08. The first-order valence-corrected chi connectivity index (χ1v) is 6.30. The lowest BCUT2D eigenvalue weighted by molar-refractivity contribution is -0.122. The van der Waals surface area contributed by atoms with Gasteiger partial charge in [-0.3, -0.25) is 9.59 Å². The summed E-state index contributed by atoms with van der Waals surface area (Å²) in [5, 5.41) is 5.24. The number of rotatable bonds is 3. The maximum absolute atomic E-state index is 12.0. The molecular weight excluding hydrogens is 260 g/mol. The Hall–Kier alpha value is -2.37. The van der Waals surface area contributed by atoms with Crippen molar-refractivity contribution in [1.82, 2.24) is 5.32 Å². The zero-order valence-corrected chi connectivity index (χ0v) is 11.4. The molecule has 106 valence electrons. The number of esters is 1. The zero-order chi connectivity index (χ0) is 14.7. The summed E-state index contributed by atoms with van der Waals surface area (Å²) in [4.78, 5) is 34.8. The third kappa shape index (κ3) is 2.96. The SMILES string of the molecule is COC(=O)c1cc(C)ccc1NC(=O)C1CCC(=O)N1. The Morgan fingerprint density at radius 3 is 2.75 bits per heavy atom. The minimum absolute atomic E-state index is 0.137. The first kappa shape index (κ1) is 14.0. The van der Waals surface area contributed by atoms with Crippen LogP contribution < -0.4 is 10.6 Å². The van der Waals surface area contributed by atoms with Gasteiger partial charge in [-0.25, -0.2) is 4.79 Å². The van der Waals surface area contributed by atoms with Gasteiger partial charge in [0.2, 0.25) is 11.8 Å². The van der Waals surface area contributed by atoms with E-state index >= 15 is 0 Å². The van der Waals surface area contributed by atoms with Crippen molar-refractivity contribution < 1.29 is 19.1 Å². The van der Waals surface area contributed by atoms with Crippen LogP contribution in [0.1, 0.15) is 28.8 Å². The average Bonchev–Trinajstić information content (AvgIpc) is 2.86. The maximum atomic E-state index is 12.0. The van der Waals surface area contributed by atoms with Gasteiger partial charge in [0.15, 0.2) is 0 Å². The summed E-state index contributed by atoms with van der Waals surface area (Å²) in [6.07, 6.45) is 0.805. The molecule has 20 heavy (non-hydrogen) atoms. The minimum Gasteiger partial charge on any atom is -0.465 e.